The van der Waals surface area contributed by atoms with Gasteiger partial charge in [-0.2, -0.15) is 0 Å². The zero-order valence-corrected chi connectivity index (χ0v) is 16.6. The summed E-state index contributed by atoms with van der Waals surface area (Å²) in [6, 6.07) is 9.12. The molecule has 0 saturated carbocycles. The molecule has 3 aliphatic rings. The van der Waals surface area contributed by atoms with Gasteiger partial charge in [-0.25, -0.2) is 8.42 Å². The van der Waals surface area contributed by atoms with Crippen LogP contribution in [0.25, 0.3) is 0 Å². The minimum Gasteiger partial charge on any atom is -0.349 e. The highest BCUT2D eigenvalue weighted by Gasteiger charge is 2.29. The normalized spacial score (nSPS) is 21.1. The molecule has 8 nitrogen and oxygen atoms in total. The molecule has 3 aliphatic heterocycles. The van der Waals surface area contributed by atoms with E-state index in [0.717, 1.165) is 0 Å². The summed E-state index contributed by atoms with van der Waals surface area (Å²) < 4.78 is 26.9. The summed E-state index contributed by atoms with van der Waals surface area (Å²) in [7, 11) is -3.41. The van der Waals surface area contributed by atoms with Crippen LogP contribution in [-0.2, 0) is 14.8 Å². The molecule has 0 bridgehead atoms. The van der Waals surface area contributed by atoms with Crippen LogP contribution in [0.5, 0.6) is 0 Å². The first-order valence-corrected chi connectivity index (χ1v) is 11.2. The van der Waals surface area contributed by atoms with Crippen molar-refractivity contribution in [1.82, 2.24) is 15.1 Å². The molecule has 0 spiro atoms. The third-order valence-electron chi connectivity index (χ3n) is 5.22. The molecule has 2 amide bonds. The molecule has 0 radical (unpaired) electrons. The number of carbonyl (C=O) groups is 2. The number of nitrogens with zero attached hydrogens (tertiary/aromatic N) is 3. The Bertz CT molecular complexity index is 1010. The van der Waals surface area contributed by atoms with Crippen LogP contribution in [0, 0.1) is 0 Å². The molecule has 0 aromatic heterocycles. The highest BCUT2D eigenvalue weighted by Crippen LogP contribution is 2.19. The first kappa shape index (κ1) is 19.4. The summed E-state index contributed by atoms with van der Waals surface area (Å²) in [4.78, 5) is 28.6. The number of fused-ring (bicyclic) bond motifs is 1. The molecular formula is C20H22N4O4S. The van der Waals surface area contributed by atoms with Crippen LogP contribution in [0.3, 0.4) is 0 Å². The third kappa shape index (κ3) is 4.40. The number of sulfonamides is 1. The highest BCUT2D eigenvalue weighted by atomic mass is 32.2. The van der Waals surface area contributed by atoms with Crippen molar-refractivity contribution in [2.45, 2.75) is 18.9 Å². The molecule has 4 rings (SSSR count). The molecule has 29 heavy (non-hydrogen) atoms. The molecule has 1 N–H and O–H groups in total. The number of amidine groups is 1. The monoisotopic (exact) mass is 414 g/mol. The Morgan fingerprint density at radius 3 is 2.48 bits per heavy atom. The molecule has 0 atom stereocenters. The lowest BCUT2D eigenvalue weighted by Crippen LogP contribution is -2.47. The Hall–Kier alpha value is -2.94. The van der Waals surface area contributed by atoms with Crippen molar-refractivity contribution < 1.29 is 18.0 Å². The first-order chi connectivity index (χ1) is 13.9. The predicted molar refractivity (Wildman–Crippen MR) is 109 cm³/mol. The van der Waals surface area contributed by atoms with Crippen LogP contribution in [0.2, 0.25) is 0 Å². The number of hydrogen-bond acceptors (Lipinski definition) is 5. The summed E-state index contributed by atoms with van der Waals surface area (Å²) in [6.45, 7) is 1.40. The first-order valence-electron chi connectivity index (χ1n) is 9.56. The van der Waals surface area contributed by atoms with Crippen LogP contribution in [0.1, 0.15) is 23.2 Å². The van der Waals surface area contributed by atoms with Gasteiger partial charge in [0.15, 0.2) is 0 Å². The van der Waals surface area contributed by atoms with Gasteiger partial charge in [0.05, 0.1) is 11.3 Å². The van der Waals surface area contributed by atoms with Crippen molar-refractivity contribution in [2.24, 2.45) is 4.40 Å². The Morgan fingerprint density at radius 1 is 1.03 bits per heavy atom. The fourth-order valence-electron chi connectivity index (χ4n) is 3.60. The Labute approximate surface area is 169 Å². The van der Waals surface area contributed by atoms with Gasteiger partial charge in [0.1, 0.15) is 5.84 Å². The molecule has 1 saturated heterocycles. The van der Waals surface area contributed by atoms with Gasteiger partial charge in [-0.3, -0.25) is 9.59 Å². The van der Waals surface area contributed by atoms with E-state index in [1.165, 1.54) is 0 Å². The molecule has 0 aliphatic carbocycles. The topological polar surface area (TPSA) is 99.1 Å². The number of amides is 2. The lowest BCUT2D eigenvalue weighted by molar-refractivity contribution is -0.127. The van der Waals surface area contributed by atoms with Gasteiger partial charge in [-0.15, -0.1) is 4.40 Å². The van der Waals surface area contributed by atoms with E-state index in [2.05, 4.69) is 9.71 Å². The molecule has 1 fully saturated rings. The number of benzene rings is 1. The molecule has 1 aromatic carbocycles. The number of hydrogen-bond donors (Lipinski definition) is 1. The maximum atomic E-state index is 12.8. The van der Waals surface area contributed by atoms with Crippen LogP contribution < -0.4 is 5.32 Å². The molecule has 152 valence electrons. The molecule has 9 heteroatoms. The summed E-state index contributed by atoms with van der Waals surface area (Å²) in [5, 5.41) is 3.03. The highest BCUT2D eigenvalue weighted by molar-refractivity contribution is 7.90. The maximum absolute atomic E-state index is 12.8. The predicted octanol–water partition coefficient (Wildman–Crippen LogP) is 0.905. The van der Waals surface area contributed by atoms with E-state index in [1.807, 2.05) is 18.2 Å². The van der Waals surface area contributed by atoms with Crippen molar-refractivity contribution in [2.75, 3.05) is 25.4 Å². The van der Waals surface area contributed by atoms with Gasteiger partial charge in [-0.05, 0) is 37.1 Å². The zero-order chi connectivity index (χ0) is 20.4. The summed E-state index contributed by atoms with van der Waals surface area (Å²) in [5.41, 5.74) is 1.14. The number of piperidine rings is 1. The van der Waals surface area contributed by atoms with Gasteiger partial charge in [0.2, 0.25) is 0 Å². The lowest BCUT2D eigenvalue weighted by Gasteiger charge is -2.34. The molecule has 1 aromatic rings. The Kier molecular flexibility index (Phi) is 5.23. The summed E-state index contributed by atoms with van der Waals surface area (Å²) >= 11 is 0. The van der Waals surface area contributed by atoms with E-state index in [-0.39, 0.29) is 30.2 Å². The fourth-order valence-corrected chi connectivity index (χ4v) is 4.56. The van der Waals surface area contributed by atoms with Crippen molar-refractivity contribution in [1.29, 1.82) is 0 Å². The molecule has 0 unspecified atom stereocenters. The van der Waals surface area contributed by atoms with Crippen molar-refractivity contribution in [3.8, 4) is 0 Å². The van der Waals surface area contributed by atoms with Gasteiger partial charge < -0.3 is 15.1 Å². The molecular weight excluding hydrogens is 392 g/mol. The van der Waals surface area contributed by atoms with E-state index >= 15 is 0 Å². The largest absolute Gasteiger partial charge is 0.349 e. The standard InChI is InChI=1S/C20H22N4O4S/c25-19(15-4-2-1-3-5-15)21-17-8-10-23(11-9-17)20(26)16-6-7-18-22-29(27,28)13-12-24(18)14-16/h1-7,14,17H,8-13H2,(H,21,25). The maximum Gasteiger partial charge on any atom is 0.256 e. The second-order valence-corrected chi connectivity index (χ2v) is 9.01. The van der Waals surface area contributed by atoms with Gasteiger partial charge in [0.25, 0.3) is 21.8 Å². The minimum atomic E-state index is -3.41. The fraction of sp³-hybridized carbons (Fsp3) is 0.350. The van der Waals surface area contributed by atoms with E-state index in [4.69, 9.17) is 0 Å². The summed E-state index contributed by atoms with van der Waals surface area (Å²) in [5.74, 6) is 0.0892. The van der Waals surface area contributed by atoms with Crippen molar-refractivity contribution in [3.05, 3.63) is 59.8 Å². The average Bonchev–Trinajstić information content (AvgIpc) is 2.73. The van der Waals surface area contributed by atoms with Crippen LogP contribution >= 0.6 is 0 Å². The van der Waals surface area contributed by atoms with Crippen molar-refractivity contribution >= 4 is 27.7 Å². The van der Waals surface area contributed by atoms with Crippen molar-refractivity contribution in [3.63, 3.8) is 0 Å². The van der Waals surface area contributed by atoms with E-state index in [1.54, 1.807) is 40.3 Å². The zero-order valence-electron chi connectivity index (χ0n) is 15.8. The third-order valence-corrected chi connectivity index (χ3v) is 6.39. The SMILES string of the molecule is O=C(NC1CCN(C(=O)C2=CN3CCS(=O)(=O)N=C3C=C2)CC1)c1ccccc1. The van der Waals surface area contributed by atoms with E-state index in [9.17, 15) is 18.0 Å². The second-order valence-electron chi connectivity index (χ2n) is 7.25. The quantitative estimate of drug-likeness (QED) is 0.793. The number of likely N-dealkylation sites (tertiary alicyclic amines) is 1. The lowest BCUT2D eigenvalue weighted by atomic mass is 10.0. The Morgan fingerprint density at radius 2 is 1.76 bits per heavy atom. The number of nitrogens with one attached hydrogen (secondary N) is 1. The summed E-state index contributed by atoms with van der Waals surface area (Å²) in [6.07, 6.45) is 6.23. The smallest absolute Gasteiger partial charge is 0.256 e. The van der Waals surface area contributed by atoms with Gasteiger partial charge in [-0.1, -0.05) is 18.2 Å². The minimum absolute atomic E-state index is 0.0358. The van der Waals surface area contributed by atoms with Crippen LogP contribution in [0.15, 0.2) is 58.7 Å². The van der Waals surface area contributed by atoms with Gasteiger partial charge >= 0.3 is 0 Å². The number of rotatable bonds is 3. The average molecular weight is 414 g/mol. The van der Waals surface area contributed by atoms with Gasteiger partial charge in [0, 0.05) is 37.4 Å². The van der Waals surface area contributed by atoms with Crippen LogP contribution in [0.4, 0.5) is 0 Å². The van der Waals surface area contributed by atoms with E-state index < -0.39 is 10.0 Å². The second kappa shape index (κ2) is 7.82. The molecule has 3 heterocycles. The Balaban J connectivity index is 1.33. The van der Waals surface area contributed by atoms with Crippen LogP contribution in [-0.4, -0.2) is 67.3 Å². The van der Waals surface area contributed by atoms with E-state index in [0.29, 0.717) is 42.9 Å². The number of carbonyl (C=O) groups excluding carboxylic acids is 2.